The Bertz CT molecular complexity index is 628. The van der Waals surface area contributed by atoms with Gasteiger partial charge in [0, 0.05) is 19.3 Å². The van der Waals surface area contributed by atoms with E-state index in [4.69, 9.17) is 9.47 Å². The molecule has 1 aromatic rings. The van der Waals surface area contributed by atoms with Gasteiger partial charge in [-0.1, -0.05) is 0 Å². The molecular weight excluding hydrogens is 320 g/mol. The van der Waals surface area contributed by atoms with Crippen molar-refractivity contribution in [2.24, 2.45) is 0 Å². The van der Waals surface area contributed by atoms with Crippen LogP contribution in [0.2, 0.25) is 0 Å². The summed E-state index contributed by atoms with van der Waals surface area (Å²) in [7, 11) is -3.82. The summed E-state index contributed by atoms with van der Waals surface area (Å²) in [5.41, 5.74) is -0.706. The topological polar surface area (TPSA) is 73.7 Å². The highest BCUT2D eigenvalue weighted by atomic mass is 32.2. The zero-order valence-electron chi connectivity index (χ0n) is 11.8. The standard InChI is InChI=1S/C12H17F2N3O4S/c13-11(14)7-16-6-10(5-15-16)22(18,19)17-2-4-21-9-12(17)1-3-20-8-12/h5-6,11H,1-4,7-9H2/t12-/m1/s1. The van der Waals surface area contributed by atoms with E-state index >= 15 is 0 Å². The lowest BCUT2D eigenvalue weighted by Gasteiger charge is -2.41. The van der Waals surface area contributed by atoms with Gasteiger partial charge in [0.1, 0.15) is 11.4 Å². The van der Waals surface area contributed by atoms with Crippen LogP contribution in [0.15, 0.2) is 17.3 Å². The first-order valence-corrected chi connectivity index (χ1v) is 8.37. The minimum atomic E-state index is -3.82. The van der Waals surface area contributed by atoms with Gasteiger partial charge in [-0.05, 0) is 6.42 Å². The van der Waals surface area contributed by atoms with Crippen LogP contribution >= 0.6 is 0 Å². The average Bonchev–Trinajstić information content (AvgIpc) is 3.09. The number of halogens is 2. The van der Waals surface area contributed by atoms with Gasteiger partial charge in [0.2, 0.25) is 10.0 Å². The Morgan fingerprint density at radius 2 is 2.05 bits per heavy atom. The van der Waals surface area contributed by atoms with Gasteiger partial charge in [0.15, 0.2) is 0 Å². The van der Waals surface area contributed by atoms with Gasteiger partial charge in [0.05, 0.1) is 31.6 Å². The maximum absolute atomic E-state index is 12.8. The zero-order chi connectivity index (χ0) is 15.8. The van der Waals surface area contributed by atoms with Gasteiger partial charge < -0.3 is 9.47 Å². The van der Waals surface area contributed by atoms with Crippen LogP contribution in [-0.4, -0.2) is 67.4 Å². The molecule has 124 valence electrons. The molecule has 0 unspecified atom stereocenters. The van der Waals surface area contributed by atoms with Crippen molar-refractivity contribution in [1.82, 2.24) is 14.1 Å². The number of sulfonamides is 1. The van der Waals surface area contributed by atoms with Crippen LogP contribution < -0.4 is 0 Å². The van der Waals surface area contributed by atoms with Crippen LogP contribution in [0.5, 0.6) is 0 Å². The Morgan fingerprint density at radius 3 is 2.68 bits per heavy atom. The Hall–Kier alpha value is -1.10. The van der Waals surface area contributed by atoms with Gasteiger partial charge >= 0.3 is 0 Å². The summed E-state index contributed by atoms with van der Waals surface area (Å²) < 4.78 is 63.5. The van der Waals surface area contributed by atoms with Gasteiger partial charge in [-0.2, -0.15) is 9.40 Å². The fourth-order valence-corrected chi connectivity index (χ4v) is 4.56. The van der Waals surface area contributed by atoms with E-state index in [0.29, 0.717) is 19.6 Å². The Balaban J connectivity index is 1.89. The number of hydrogen-bond acceptors (Lipinski definition) is 5. The maximum Gasteiger partial charge on any atom is 0.257 e. The number of morpholine rings is 1. The molecule has 1 atom stereocenters. The molecule has 2 fully saturated rings. The third-order valence-corrected chi connectivity index (χ3v) is 5.90. The lowest BCUT2D eigenvalue weighted by atomic mass is 9.99. The molecule has 0 amide bonds. The highest BCUT2D eigenvalue weighted by Gasteiger charge is 2.49. The number of nitrogens with zero attached hydrogens (tertiary/aromatic N) is 3. The molecule has 1 aromatic heterocycles. The number of ether oxygens (including phenoxy) is 2. The highest BCUT2D eigenvalue weighted by molar-refractivity contribution is 7.89. The number of hydrogen-bond donors (Lipinski definition) is 0. The lowest BCUT2D eigenvalue weighted by molar-refractivity contribution is -0.0293. The van der Waals surface area contributed by atoms with Crippen LogP contribution in [0, 0.1) is 0 Å². The summed E-state index contributed by atoms with van der Waals surface area (Å²) in [6, 6.07) is 0. The van der Waals surface area contributed by atoms with Gasteiger partial charge in [-0.15, -0.1) is 0 Å². The number of rotatable bonds is 4. The maximum atomic E-state index is 12.8. The van der Waals surface area contributed by atoms with Crippen molar-refractivity contribution in [2.75, 3.05) is 33.0 Å². The molecule has 2 aliphatic rings. The zero-order valence-corrected chi connectivity index (χ0v) is 12.6. The molecule has 0 bridgehead atoms. The quantitative estimate of drug-likeness (QED) is 0.792. The van der Waals surface area contributed by atoms with Crippen LogP contribution in [0.1, 0.15) is 6.42 Å². The van der Waals surface area contributed by atoms with Crippen LogP contribution in [-0.2, 0) is 26.0 Å². The normalized spacial score (nSPS) is 27.0. The fourth-order valence-electron chi connectivity index (χ4n) is 2.85. The molecule has 0 aromatic carbocycles. The molecule has 1 spiro atoms. The van der Waals surface area contributed by atoms with Crippen molar-refractivity contribution in [1.29, 1.82) is 0 Å². The van der Waals surface area contributed by atoms with E-state index in [9.17, 15) is 17.2 Å². The van der Waals surface area contributed by atoms with Crippen molar-refractivity contribution in [3.8, 4) is 0 Å². The number of aromatic nitrogens is 2. The van der Waals surface area contributed by atoms with E-state index in [1.165, 1.54) is 4.31 Å². The van der Waals surface area contributed by atoms with E-state index in [-0.39, 0.29) is 24.7 Å². The second kappa shape index (κ2) is 5.84. The minimum absolute atomic E-state index is 0.0821. The van der Waals surface area contributed by atoms with Crippen molar-refractivity contribution < 1.29 is 26.7 Å². The minimum Gasteiger partial charge on any atom is -0.379 e. The predicted octanol–water partition coefficient (Wildman–Crippen LogP) is 0.328. The van der Waals surface area contributed by atoms with Gasteiger partial charge in [-0.3, -0.25) is 4.68 Å². The highest BCUT2D eigenvalue weighted by Crippen LogP contribution is 2.34. The summed E-state index contributed by atoms with van der Waals surface area (Å²) in [6.07, 6.45) is 0.211. The number of alkyl halides is 2. The van der Waals surface area contributed by atoms with E-state index in [0.717, 1.165) is 17.1 Å². The first-order valence-electron chi connectivity index (χ1n) is 6.93. The van der Waals surface area contributed by atoms with E-state index in [2.05, 4.69) is 5.10 Å². The second-order valence-electron chi connectivity index (χ2n) is 5.45. The average molecular weight is 337 g/mol. The van der Waals surface area contributed by atoms with E-state index < -0.39 is 28.5 Å². The fraction of sp³-hybridized carbons (Fsp3) is 0.750. The van der Waals surface area contributed by atoms with Crippen LogP contribution in [0.4, 0.5) is 8.78 Å². The summed E-state index contributed by atoms with van der Waals surface area (Å²) in [4.78, 5) is -0.0821. The van der Waals surface area contributed by atoms with Crippen LogP contribution in [0.25, 0.3) is 0 Å². The smallest absolute Gasteiger partial charge is 0.257 e. The van der Waals surface area contributed by atoms with Crippen molar-refractivity contribution in [3.05, 3.63) is 12.4 Å². The molecule has 2 saturated heterocycles. The molecule has 0 N–H and O–H groups in total. The molecule has 0 saturated carbocycles. The molecule has 10 heteroatoms. The molecule has 7 nitrogen and oxygen atoms in total. The van der Waals surface area contributed by atoms with Gasteiger partial charge in [-0.25, -0.2) is 17.2 Å². The summed E-state index contributed by atoms with van der Waals surface area (Å²) >= 11 is 0. The third kappa shape index (κ3) is 2.75. The Morgan fingerprint density at radius 1 is 1.32 bits per heavy atom. The van der Waals surface area contributed by atoms with E-state index in [1.807, 2.05) is 0 Å². The summed E-state index contributed by atoms with van der Waals surface area (Å²) in [5, 5.41) is 3.70. The van der Waals surface area contributed by atoms with Crippen molar-refractivity contribution in [3.63, 3.8) is 0 Å². The Kier molecular flexibility index (Phi) is 4.19. The summed E-state index contributed by atoms with van der Waals surface area (Å²) in [6.45, 7) is 0.902. The molecule has 2 aliphatic heterocycles. The molecule has 0 aliphatic carbocycles. The molecule has 0 radical (unpaired) electrons. The third-order valence-electron chi connectivity index (χ3n) is 3.94. The first kappa shape index (κ1) is 15.8. The second-order valence-corrected chi connectivity index (χ2v) is 7.31. The lowest BCUT2D eigenvalue weighted by Crippen LogP contribution is -2.59. The molecule has 22 heavy (non-hydrogen) atoms. The molecular formula is C12H17F2N3O4S. The predicted molar refractivity (Wildman–Crippen MR) is 71.1 cm³/mol. The monoisotopic (exact) mass is 337 g/mol. The first-order chi connectivity index (χ1) is 10.4. The van der Waals surface area contributed by atoms with Crippen LogP contribution in [0.3, 0.4) is 0 Å². The largest absolute Gasteiger partial charge is 0.379 e. The van der Waals surface area contributed by atoms with Gasteiger partial charge in [0.25, 0.3) is 6.43 Å². The van der Waals surface area contributed by atoms with E-state index in [1.54, 1.807) is 0 Å². The molecule has 3 rings (SSSR count). The summed E-state index contributed by atoms with van der Waals surface area (Å²) in [5.74, 6) is 0. The SMILES string of the molecule is O=S(=O)(c1cnn(CC(F)F)c1)N1CCOC[C@]12CCOC2. The van der Waals surface area contributed by atoms with Crippen molar-refractivity contribution in [2.45, 2.75) is 29.8 Å². The Labute approximate surface area is 126 Å². The van der Waals surface area contributed by atoms with Crippen molar-refractivity contribution >= 4 is 10.0 Å². The molecule has 3 heterocycles.